The zero-order valence-electron chi connectivity index (χ0n) is 8.60. The van der Waals surface area contributed by atoms with Gasteiger partial charge in [0.15, 0.2) is 11.5 Å². The molecule has 0 bridgehead atoms. The van der Waals surface area contributed by atoms with Crippen LogP contribution in [0.4, 0.5) is 0 Å². The minimum atomic E-state index is -0.405. The fraction of sp³-hybridized carbons (Fsp3) is 0.300. The summed E-state index contributed by atoms with van der Waals surface area (Å²) in [4.78, 5) is 11.1. The van der Waals surface area contributed by atoms with E-state index in [1.807, 2.05) is 11.5 Å². The van der Waals surface area contributed by atoms with Gasteiger partial charge in [-0.2, -0.15) is 0 Å². The van der Waals surface area contributed by atoms with Gasteiger partial charge in [0.05, 0.1) is 0 Å². The molecule has 1 aliphatic rings. The Labute approximate surface area is 92.5 Å². The largest absolute Gasteiger partial charge is 0.454 e. The van der Waals surface area contributed by atoms with Gasteiger partial charge in [-0.1, -0.05) is 6.07 Å². The number of carbonyl (C=O) groups excluding carboxylic acids is 1. The highest BCUT2D eigenvalue weighted by molar-refractivity contribution is 5.76. The monoisotopic (exact) mass is 223 g/mol. The number of hydrogen-bond donors (Lipinski definition) is 3. The second kappa shape index (κ2) is 4.38. The van der Waals surface area contributed by atoms with Crippen LogP contribution in [0.2, 0.25) is 0 Å². The van der Waals surface area contributed by atoms with E-state index in [4.69, 9.17) is 21.1 Å². The predicted octanol–water partition coefficient (Wildman–Crippen LogP) is -0.205. The van der Waals surface area contributed by atoms with Crippen molar-refractivity contribution in [1.29, 1.82) is 0 Å². The number of benzene rings is 1. The molecule has 1 atom stereocenters. The Morgan fingerprint density at radius 3 is 2.94 bits per heavy atom. The molecule has 6 nitrogen and oxygen atoms in total. The molecule has 1 amide bonds. The molecule has 16 heavy (non-hydrogen) atoms. The summed E-state index contributed by atoms with van der Waals surface area (Å²) >= 11 is 0. The molecule has 86 valence electrons. The fourth-order valence-electron chi connectivity index (χ4n) is 1.52. The van der Waals surface area contributed by atoms with Crippen molar-refractivity contribution in [3.63, 3.8) is 0 Å². The molecule has 1 heterocycles. The molecule has 0 fully saturated rings. The van der Waals surface area contributed by atoms with Crippen molar-refractivity contribution in [3.8, 4) is 11.5 Å². The Hall–Kier alpha value is -1.79. The Balaban J connectivity index is 2.12. The maximum Gasteiger partial charge on any atom is 0.235 e. The van der Waals surface area contributed by atoms with Crippen molar-refractivity contribution in [3.05, 3.63) is 23.8 Å². The lowest BCUT2D eigenvalue weighted by molar-refractivity contribution is -0.121. The number of hydrogen-bond acceptors (Lipinski definition) is 5. The number of carbonyl (C=O) groups is 1. The maximum absolute atomic E-state index is 11.1. The van der Waals surface area contributed by atoms with Gasteiger partial charge in [0, 0.05) is 12.5 Å². The summed E-state index contributed by atoms with van der Waals surface area (Å²) in [6, 6.07) is 4.95. The number of ether oxygens (including phenoxy) is 2. The van der Waals surface area contributed by atoms with Crippen LogP contribution in [0.3, 0.4) is 0 Å². The zero-order valence-corrected chi connectivity index (χ0v) is 8.60. The molecule has 0 aromatic heterocycles. The summed E-state index contributed by atoms with van der Waals surface area (Å²) in [7, 11) is 0. The summed E-state index contributed by atoms with van der Waals surface area (Å²) in [6.45, 7) is 0.220. The number of fused-ring (bicyclic) bond motifs is 1. The van der Waals surface area contributed by atoms with E-state index in [2.05, 4.69) is 0 Å². The molecule has 5 N–H and O–H groups in total. The summed E-state index contributed by atoms with van der Waals surface area (Å²) in [6.07, 6.45) is 0.135. The first kappa shape index (κ1) is 10.7. The Morgan fingerprint density at radius 2 is 2.19 bits per heavy atom. The van der Waals surface area contributed by atoms with Gasteiger partial charge in [0.25, 0.3) is 0 Å². The molecule has 1 unspecified atom stereocenters. The molecule has 0 aliphatic carbocycles. The van der Waals surface area contributed by atoms with Crippen LogP contribution >= 0.6 is 0 Å². The van der Waals surface area contributed by atoms with E-state index in [0.29, 0.717) is 11.5 Å². The molecule has 6 heteroatoms. The van der Waals surface area contributed by atoms with Gasteiger partial charge in [0.1, 0.15) is 0 Å². The zero-order chi connectivity index (χ0) is 11.5. The Bertz CT molecular complexity index is 408. The molecule has 1 aromatic carbocycles. The average Bonchev–Trinajstić information content (AvgIpc) is 2.75. The number of amides is 1. The average molecular weight is 223 g/mol. The highest BCUT2D eigenvalue weighted by Gasteiger charge is 2.17. The van der Waals surface area contributed by atoms with Gasteiger partial charge < -0.3 is 15.2 Å². The number of rotatable bonds is 3. The normalized spacial score (nSPS) is 14.6. The lowest BCUT2D eigenvalue weighted by Gasteiger charge is -2.11. The number of hydrazine groups is 1. The van der Waals surface area contributed by atoms with Gasteiger partial charge in [-0.3, -0.25) is 10.2 Å². The van der Waals surface area contributed by atoms with Gasteiger partial charge >= 0.3 is 0 Å². The van der Waals surface area contributed by atoms with Gasteiger partial charge in [-0.15, -0.1) is 0 Å². The van der Waals surface area contributed by atoms with Crippen molar-refractivity contribution in [2.75, 3.05) is 6.79 Å². The van der Waals surface area contributed by atoms with E-state index in [-0.39, 0.29) is 19.1 Å². The number of nitrogens with two attached hydrogens (primary N) is 2. The smallest absolute Gasteiger partial charge is 0.235 e. The summed E-state index contributed by atoms with van der Waals surface area (Å²) in [5, 5.41) is 0. The van der Waals surface area contributed by atoms with Crippen molar-refractivity contribution in [1.82, 2.24) is 5.43 Å². The lowest BCUT2D eigenvalue weighted by atomic mass is 10.0. The van der Waals surface area contributed by atoms with Crippen LogP contribution in [0, 0.1) is 0 Å². The molecule has 1 aromatic rings. The molecule has 0 saturated carbocycles. The summed E-state index contributed by atoms with van der Waals surface area (Å²) < 4.78 is 10.4. The highest BCUT2D eigenvalue weighted by Crippen LogP contribution is 2.34. The van der Waals surface area contributed by atoms with Gasteiger partial charge in [-0.25, -0.2) is 5.84 Å². The first-order valence-corrected chi connectivity index (χ1v) is 4.85. The topological polar surface area (TPSA) is 99.6 Å². The van der Waals surface area contributed by atoms with Gasteiger partial charge in [0.2, 0.25) is 12.7 Å². The van der Waals surface area contributed by atoms with Crippen molar-refractivity contribution in [2.24, 2.45) is 11.6 Å². The van der Waals surface area contributed by atoms with Crippen LogP contribution in [0.15, 0.2) is 18.2 Å². The van der Waals surface area contributed by atoms with Crippen molar-refractivity contribution < 1.29 is 14.3 Å². The van der Waals surface area contributed by atoms with E-state index in [1.165, 1.54) is 0 Å². The minimum absolute atomic E-state index is 0.135. The molecule has 0 radical (unpaired) electrons. The Kier molecular flexibility index (Phi) is 2.93. The first-order chi connectivity index (χ1) is 7.70. The van der Waals surface area contributed by atoms with Crippen LogP contribution in [-0.2, 0) is 4.79 Å². The molecular weight excluding hydrogens is 210 g/mol. The van der Waals surface area contributed by atoms with Crippen LogP contribution in [-0.4, -0.2) is 12.7 Å². The standard InChI is InChI=1S/C10H13N3O3/c11-7(4-10(14)13-12)6-1-2-8-9(3-6)16-5-15-8/h1-3,7H,4-5,11-12H2,(H,13,14). The molecule has 1 aliphatic heterocycles. The van der Waals surface area contributed by atoms with Crippen molar-refractivity contribution in [2.45, 2.75) is 12.5 Å². The minimum Gasteiger partial charge on any atom is -0.454 e. The first-order valence-electron chi connectivity index (χ1n) is 4.85. The maximum atomic E-state index is 11.1. The lowest BCUT2D eigenvalue weighted by Crippen LogP contribution is -2.32. The third-order valence-electron chi connectivity index (χ3n) is 2.39. The third-order valence-corrected chi connectivity index (χ3v) is 2.39. The van der Waals surface area contributed by atoms with E-state index < -0.39 is 6.04 Å². The molecular formula is C10H13N3O3. The summed E-state index contributed by atoms with van der Waals surface area (Å²) in [5.41, 5.74) is 8.71. The van der Waals surface area contributed by atoms with Crippen molar-refractivity contribution >= 4 is 5.91 Å². The number of nitrogens with one attached hydrogen (secondary N) is 1. The van der Waals surface area contributed by atoms with E-state index in [0.717, 1.165) is 5.56 Å². The second-order valence-corrected chi connectivity index (χ2v) is 3.49. The fourth-order valence-corrected chi connectivity index (χ4v) is 1.52. The van der Waals surface area contributed by atoms with Crippen LogP contribution in [0.25, 0.3) is 0 Å². The highest BCUT2D eigenvalue weighted by atomic mass is 16.7. The SMILES string of the molecule is NNC(=O)CC(N)c1ccc2c(c1)OCO2. The van der Waals surface area contributed by atoms with Crippen LogP contribution in [0.5, 0.6) is 11.5 Å². The van der Waals surface area contributed by atoms with E-state index in [1.54, 1.807) is 12.1 Å². The molecule has 0 spiro atoms. The third kappa shape index (κ3) is 2.07. The second-order valence-electron chi connectivity index (χ2n) is 3.49. The summed E-state index contributed by atoms with van der Waals surface area (Å²) in [5.74, 6) is 6.04. The predicted molar refractivity (Wildman–Crippen MR) is 56.4 cm³/mol. The van der Waals surface area contributed by atoms with Gasteiger partial charge in [-0.05, 0) is 17.7 Å². The quantitative estimate of drug-likeness (QED) is 0.374. The molecule has 0 saturated heterocycles. The van der Waals surface area contributed by atoms with E-state index in [9.17, 15) is 4.79 Å². The Morgan fingerprint density at radius 1 is 1.44 bits per heavy atom. The van der Waals surface area contributed by atoms with E-state index >= 15 is 0 Å². The van der Waals surface area contributed by atoms with Crippen LogP contribution < -0.4 is 26.5 Å². The molecule has 2 rings (SSSR count). The van der Waals surface area contributed by atoms with Crippen LogP contribution in [0.1, 0.15) is 18.0 Å².